The van der Waals surface area contributed by atoms with Crippen molar-refractivity contribution in [3.8, 4) is 33.8 Å². The van der Waals surface area contributed by atoms with E-state index in [2.05, 4.69) is 10.1 Å². The van der Waals surface area contributed by atoms with Gasteiger partial charge in [0.2, 0.25) is 6.41 Å². The van der Waals surface area contributed by atoms with E-state index in [9.17, 15) is 22.8 Å². The summed E-state index contributed by atoms with van der Waals surface area (Å²) in [7, 11) is 3.18. The molecule has 0 aliphatic rings. The Morgan fingerprint density at radius 3 is 2.16 bits per heavy atom. The lowest BCUT2D eigenvalue weighted by Crippen LogP contribution is -2.27. The van der Waals surface area contributed by atoms with E-state index in [4.69, 9.17) is 4.74 Å². The molecule has 4 rings (SSSR count). The van der Waals surface area contributed by atoms with Gasteiger partial charge in [-0.25, -0.2) is 0 Å². The number of nitrogens with zero attached hydrogens (tertiary/aromatic N) is 1. The van der Waals surface area contributed by atoms with Crippen molar-refractivity contribution in [1.29, 1.82) is 0 Å². The van der Waals surface area contributed by atoms with Crippen LogP contribution in [0.25, 0.3) is 22.3 Å². The van der Waals surface area contributed by atoms with Gasteiger partial charge in [0.25, 0.3) is 5.91 Å². The summed E-state index contributed by atoms with van der Waals surface area (Å²) in [5.74, 6) is -0.0228. The highest BCUT2D eigenvalue weighted by Gasteiger charge is 2.31. The van der Waals surface area contributed by atoms with Crippen molar-refractivity contribution >= 4 is 34.3 Å². The standard InChI is InChI=1S/C27H21F3N2O4S/c1-32(20-4-3-5-22(14-20)35-2)26(34)24-23(15-37-25(24)31-16-33)19-8-6-17(7-9-19)18-10-12-21(13-11-18)36-27(28,29)30/h3-16H,1-2H3,(H,31,33). The summed E-state index contributed by atoms with van der Waals surface area (Å²) >= 11 is 1.23. The Bertz CT molecular complexity index is 1400. The highest BCUT2D eigenvalue weighted by atomic mass is 32.1. The molecule has 10 heteroatoms. The number of amides is 2. The Morgan fingerprint density at radius 1 is 0.946 bits per heavy atom. The van der Waals surface area contributed by atoms with Crippen molar-refractivity contribution < 1.29 is 32.2 Å². The molecule has 6 nitrogen and oxygen atoms in total. The molecule has 0 spiro atoms. The predicted molar refractivity (Wildman–Crippen MR) is 137 cm³/mol. The second-order valence-electron chi connectivity index (χ2n) is 7.83. The highest BCUT2D eigenvalue weighted by molar-refractivity contribution is 7.15. The molecule has 0 atom stereocenters. The molecule has 0 saturated heterocycles. The number of methoxy groups -OCH3 is 1. The van der Waals surface area contributed by atoms with Gasteiger partial charge in [-0.1, -0.05) is 42.5 Å². The van der Waals surface area contributed by atoms with Gasteiger partial charge in [0, 0.05) is 29.7 Å². The maximum Gasteiger partial charge on any atom is 0.573 e. The Balaban J connectivity index is 1.63. The monoisotopic (exact) mass is 526 g/mol. The van der Waals surface area contributed by atoms with E-state index in [1.165, 1.54) is 40.5 Å². The minimum atomic E-state index is -4.75. The topological polar surface area (TPSA) is 67.9 Å². The quantitative estimate of drug-likeness (QED) is 0.256. The number of hydrogen-bond donors (Lipinski definition) is 1. The van der Waals surface area contributed by atoms with Crippen LogP contribution in [0.4, 0.5) is 23.9 Å². The number of benzene rings is 3. The molecule has 2 amide bonds. The van der Waals surface area contributed by atoms with E-state index in [0.29, 0.717) is 39.5 Å². The molecule has 0 aliphatic carbocycles. The number of hydrogen-bond acceptors (Lipinski definition) is 5. The van der Waals surface area contributed by atoms with Crippen molar-refractivity contribution in [2.75, 3.05) is 24.4 Å². The minimum Gasteiger partial charge on any atom is -0.497 e. The molecule has 4 aromatic rings. The smallest absolute Gasteiger partial charge is 0.497 e. The molecule has 0 bridgehead atoms. The van der Waals surface area contributed by atoms with Crippen LogP contribution in [0.3, 0.4) is 0 Å². The van der Waals surface area contributed by atoms with Gasteiger partial charge >= 0.3 is 6.36 Å². The molecule has 1 aromatic heterocycles. The second kappa shape index (κ2) is 10.8. The molecule has 190 valence electrons. The second-order valence-corrected chi connectivity index (χ2v) is 8.71. The van der Waals surface area contributed by atoms with Crippen LogP contribution in [0.15, 0.2) is 78.2 Å². The number of carbonyl (C=O) groups excluding carboxylic acids is 2. The SMILES string of the molecule is COc1cccc(N(C)C(=O)c2c(-c3ccc(-c4ccc(OC(F)(F)F)cc4)cc3)csc2NC=O)c1. The van der Waals surface area contributed by atoms with Crippen molar-refractivity contribution in [2.24, 2.45) is 0 Å². The van der Waals surface area contributed by atoms with E-state index in [1.807, 2.05) is 12.1 Å². The number of nitrogens with one attached hydrogen (secondary N) is 1. The maximum absolute atomic E-state index is 13.6. The third-order valence-corrected chi connectivity index (χ3v) is 6.47. The fourth-order valence-electron chi connectivity index (χ4n) is 3.74. The van der Waals surface area contributed by atoms with Gasteiger partial charge in [-0.15, -0.1) is 24.5 Å². The lowest BCUT2D eigenvalue weighted by atomic mass is 9.99. The van der Waals surface area contributed by atoms with Crippen LogP contribution >= 0.6 is 11.3 Å². The molecule has 3 aromatic carbocycles. The Morgan fingerprint density at radius 2 is 1.57 bits per heavy atom. The summed E-state index contributed by atoms with van der Waals surface area (Å²) in [6.45, 7) is 0. The number of thiophene rings is 1. The van der Waals surface area contributed by atoms with Gasteiger partial charge in [-0.3, -0.25) is 9.59 Å². The van der Waals surface area contributed by atoms with Crippen LogP contribution in [0.1, 0.15) is 10.4 Å². The molecule has 0 radical (unpaired) electrons. The molecular formula is C27H21F3N2O4S. The Labute approximate surface area is 214 Å². The summed E-state index contributed by atoms with van der Waals surface area (Å²) in [5, 5.41) is 4.81. The van der Waals surface area contributed by atoms with Crippen LogP contribution in [0.5, 0.6) is 11.5 Å². The Hall–Kier alpha value is -4.31. The Kier molecular flexibility index (Phi) is 7.49. The van der Waals surface area contributed by atoms with Crippen LogP contribution in [-0.4, -0.2) is 32.8 Å². The minimum absolute atomic E-state index is 0.301. The van der Waals surface area contributed by atoms with Crippen molar-refractivity contribution in [3.63, 3.8) is 0 Å². The third kappa shape index (κ3) is 5.92. The lowest BCUT2D eigenvalue weighted by molar-refractivity contribution is -0.274. The van der Waals surface area contributed by atoms with Crippen LogP contribution in [0.2, 0.25) is 0 Å². The number of halogens is 3. The molecule has 0 aliphatic heterocycles. The summed E-state index contributed by atoms with van der Waals surface area (Å²) in [6.07, 6.45) is -4.23. The molecule has 37 heavy (non-hydrogen) atoms. The van der Waals surface area contributed by atoms with E-state index < -0.39 is 6.36 Å². The van der Waals surface area contributed by atoms with Crippen LogP contribution in [0, 0.1) is 0 Å². The number of ether oxygens (including phenoxy) is 2. The van der Waals surface area contributed by atoms with Gasteiger partial charge in [-0.2, -0.15) is 0 Å². The van der Waals surface area contributed by atoms with Crippen molar-refractivity contribution in [2.45, 2.75) is 6.36 Å². The summed E-state index contributed by atoms with van der Waals surface area (Å²) in [5.41, 5.74) is 3.79. The zero-order valence-electron chi connectivity index (χ0n) is 19.7. The van der Waals surface area contributed by atoms with Gasteiger partial charge in [0.1, 0.15) is 16.5 Å². The summed E-state index contributed by atoms with van der Waals surface area (Å²) < 4.78 is 46.4. The summed E-state index contributed by atoms with van der Waals surface area (Å²) in [4.78, 5) is 26.2. The van der Waals surface area contributed by atoms with Gasteiger partial charge in [0.05, 0.1) is 12.7 Å². The zero-order valence-corrected chi connectivity index (χ0v) is 20.5. The summed E-state index contributed by atoms with van der Waals surface area (Å²) in [6, 6.07) is 19.9. The molecule has 1 heterocycles. The first-order valence-electron chi connectivity index (χ1n) is 10.9. The van der Waals surface area contributed by atoms with Gasteiger partial charge in [-0.05, 0) is 41.0 Å². The average molecular weight is 527 g/mol. The molecular weight excluding hydrogens is 505 g/mol. The first kappa shape index (κ1) is 25.8. The number of rotatable bonds is 8. The van der Waals surface area contributed by atoms with Gasteiger partial charge in [0.15, 0.2) is 0 Å². The largest absolute Gasteiger partial charge is 0.573 e. The predicted octanol–water partition coefficient (Wildman–Crippen LogP) is 6.83. The fraction of sp³-hybridized carbons (Fsp3) is 0.111. The fourth-order valence-corrected chi connectivity index (χ4v) is 4.66. The zero-order chi connectivity index (χ0) is 26.6. The molecule has 0 unspecified atom stereocenters. The maximum atomic E-state index is 13.6. The van der Waals surface area contributed by atoms with Gasteiger partial charge < -0.3 is 19.7 Å². The number of alkyl halides is 3. The van der Waals surface area contributed by atoms with Crippen LogP contribution in [-0.2, 0) is 4.79 Å². The normalized spacial score (nSPS) is 11.1. The van der Waals surface area contributed by atoms with E-state index >= 15 is 0 Å². The first-order chi connectivity index (χ1) is 17.7. The molecule has 1 N–H and O–H groups in total. The first-order valence-corrected chi connectivity index (χ1v) is 11.8. The molecule has 0 fully saturated rings. The van der Waals surface area contributed by atoms with Crippen LogP contribution < -0.4 is 19.7 Å². The third-order valence-electron chi connectivity index (χ3n) is 5.56. The van der Waals surface area contributed by atoms with E-state index in [0.717, 1.165) is 11.1 Å². The number of anilines is 2. The lowest BCUT2D eigenvalue weighted by Gasteiger charge is -2.19. The number of carbonyl (C=O) groups is 2. The highest BCUT2D eigenvalue weighted by Crippen LogP contribution is 2.38. The van der Waals surface area contributed by atoms with E-state index in [-0.39, 0.29) is 11.7 Å². The van der Waals surface area contributed by atoms with E-state index in [1.54, 1.807) is 55.9 Å². The average Bonchev–Trinajstić information content (AvgIpc) is 3.31. The van der Waals surface area contributed by atoms with Crippen molar-refractivity contribution in [1.82, 2.24) is 0 Å². The molecule has 0 saturated carbocycles. The van der Waals surface area contributed by atoms with Crippen molar-refractivity contribution in [3.05, 3.63) is 83.7 Å².